The van der Waals surface area contributed by atoms with Crippen LogP contribution in [0, 0.1) is 0 Å². The Bertz CT molecular complexity index is 1910. The molecule has 0 bridgehead atoms. The van der Waals surface area contributed by atoms with E-state index in [1.54, 1.807) is 54.6 Å². The molecule has 0 spiro atoms. The Kier molecular flexibility index (Phi) is 9.88. The van der Waals surface area contributed by atoms with E-state index in [4.69, 9.17) is 9.47 Å². The molecule has 5 rings (SSSR count). The van der Waals surface area contributed by atoms with Gasteiger partial charge in [0.1, 0.15) is 5.75 Å². The van der Waals surface area contributed by atoms with Gasteiger partial charge in [-0.1, -0.05) is 48.5 Å². The van der Waals surface area contributed by atoms with Crippen LogP contribution >= 0.6 is 0 Å². The summed E-state index contributed by atoms with van der Waals surface area (Å²) in [4.78, 5) is 27.0. The molecular formula is C36H35N3O6S. The predicted molar refractivity (Wildman–Crippen MR) is 181 cm³/mol. The maximum absolute atomic E-state index is 13.2. The number of rotatable bonds is 12. The first-order valence-electron chi connectivity index (χ1n) is 14.7. The molecule has 5 aromatic carbocycles. The van der Waals surface area contributed by atoms with Crippen LogP contribution in [0.15, 0.2) is 126 Å². The molecule has 1 N–H and O–H groups in total. The molecule has 9 nitrogen and oxygen atoms in total. The Labute approximate surface area is 269 Å². The van der Waals surface area contributed by atoms with Gasteiger partial charge in [-0.15, -0.1) is 0 Å². The topological polar surface area (TPSA) is 105 Å². The van der Waals surface area contributed by atoms with E-state index in [2.05, 4.69) is 24.1 Å². The van der Waals surface area contributed by atoms with Gasteiger partial charge in [0.25, 0.3) is 15.9 Å². The van der Waals surface area contributed by atoms with Gasteiger partial charge in [-0.05, 0) is 97.4 Å². The molecule has 0 aliphatic heterocycles. The third kappa shape index (κ3) is 7.65. The van der Waals surface area contributed by atoms with Crippen molar-refractivity contribution in [2.24, 2.45) is 0 Å². The number of hydrogen-bond acceptors (Lipinski definition) is 7. The molecule has 0 atom stereocenters. The Hall–Kier alpha value is -5.35. The minimum Gasteiger partial charge on any atom is -0.482 e. The highest BCUT2D eigenvalue weighted by Gasteiger charge is 2.22. The number of ether oxygens (including phenoxy) is 2. The van der Waals surface area contributed by atoms with Crippen LogP contribution < -0.4 is 19.3 Å². The predicted octanol–water partition coefficient (Wildman–Crippen LogP) is 6.77. The minimum absolute atomic E-state index is 0.179. The fourth-order valence-corrected chi connectivity index (χ4v) is 6.17. The Morgan fingerprint density at radius 3 is 2.00 bits per heavy atom. The third-order valence-corrected chi connectivity index (χ3v) is 9.06. The molecule has 236 valence electrons. The van der Waals surface area contributed by atoms with Crippen molar-refractivity contribution in [1.29, 1.82) is 0 Å². The van der Waals surface area contributed by atoms with E-state index in [1.807, 2.05) is 66.7 Å². The van der Waals surface area contributed by atoms with E-state index in [-0.39, 0.29) is 10.9 Å². The smallest absolute Gasteiger partial charge is 0.344 e. The van der Waals surface area contributed by atoms with Crippen LogP contribution in [0.3, 0.4) is 0 Å². The maximum Gasteiger partial charge on any atom is 0.344 e. The number of esters is 1. The van der Waals surface area contributed by atoms with E-state index >= 15 is 0 Å². The van der Waals surface area contributed by atoms with Gasteiger partial charge in [-0.3, -0.25) is 9.10 Å². The van der Waals surface area contributed by atoms with Gasteiger partial charge in [0.05, 0.1) is 10.6 Å². The van der Waals surface area contributed by atoms with E-state index in [0.29, 0.717) is 17.1 Å². The number of carbonyl (C=O) groups is 2. The Morgan fingerprint density at radius 2 is 1.33 bits per heavy atom. The van der Waals surface area contributed by atoms with Crippen LogP contribution in [0.25, 0.3) is 10.8 Å². The SMILES string of the molecule is CC(C)N(c1ccccc1)c1ccc(NC(=O)COC(=O)COc2ccc(N(C)S(=O)(=O)c3ccc4ccccc4c3)cc2)cc1. The second-order valence-electron chi connectivity index (χ2n) is 10.8. The fraction of sp³-hybridized carbons (Fsp3) is 0.167. The summed E-state index contributed by atoms with van der Waals surface area (Å²) in [6.07, 6.45) is 0. The molecule has 0 heterocycles. The lowest BCUT2D eigenvalue weighted by atomic mass is 10.1. The van der Waals surface area contributed by atoms with E-state index < -0.39 is 35.1 Å². The number of nitrogens with zero attached hydrogens (tertiary/aromatic N) is 2. The normalized spacial score (nSPS) is 11.2. The zero-order chi connectivity index (χ0) is 32.7. The fourth-order valence-electron chi connectivity index (χ4n) is 4.94. The summed E-state index contributed by atoms with van der Waals surface area (Å²) in [6.45, 7) is 3.32. The summed E-state index contributed by atoms with van der Waals surface area (Å²) in [6, 6.07) is 36.5. The molecule has 0 fully saturated rings. The van der Waals surface area contributed by atoms with Crippen LogP contribution in [0.2, 0.25) is 0 Å². The second-order valence-corrected chi connectivity index (χ2v) is 12.8. The zero-order valence-electron chi connectivity index (χ0n) is 25.8. The number of nitrogens with one attached hydrogen (secondary N) is 1. The van der Waals surface area contributed by atoms with Gasteiger partial charge in [-0.2, -0.15) is 0 Å². The first-order valence-corrected chi connectivity index (χ1v) is 16.2. The van der Waals surface area contributed by atoms with Gasteiger partial charge in [0.15, 0.2) is 13.2 Å². The highest BCUT2D eigenvalue weighted by Crippen LogP contribution is 2.29. The van der Waals surface area contributed by atoms with Crippen molar-refractivity contribution in [2.45, 2.75) is 24.8 Å². The van der Waals surface area contributed by atoms with Crippen molar-refractivity contribution in [3.8, 4) is 5.75 Å². The third-order valence-electron chi connectivity index (χ3n) is 7.28. The Morgan fingerprint density at radius 1 is 0.717 bits per heavy atom. The monoisotopic (exact) mass is 637 g/mol. The molecule has 0 saturated carbocycles. The van der Waals surface area contributed by atoms with Crippen molar-refractivity contribution in [2.75, 3.05) is 34.8 Å². The average Bonchev–Trinajstić information content (AvgIpc) is 3.07. The highest BCUT2D eigenvalue weighted by molar-refractivity contribution is 7.92. The van der Waals surface area contributed by atoms with Gasteiger partial charge >= 0.3 is 5.97 Å². The number of sulfonamides is 1. The van der Waals surface area contributed by atoms with Crippen LogP contribution in [-0.4, -0.2) is 46.6 Å². The van der Waals surface area contributed by atoms with Crippen molar-refractivity contribution >= 4 is 55.4 Å². The van der Waals surface area contributed by atoms with E-state index in [0.717, 1.165) is 22.1 Å². The molecule has 0 aliphatic rings. The second kappa shape index (κ2) is 14.2. The lowest BCUT2D eigenvalue weighted by molar-refractivity contribution is -0.149. The number of anilines is 4. The summed E-state index contributed by atoms with van der Waals surface area (Å²) in [5.74, 6) is -0.862. The van der Waals surface area contributed by atoms with Crippen LogP contribution in [0.5, 0.6) is 5.75 Å². The molecule has 0 aromatic heterocycles. The van der Waals surface area contributed by atoms with Crippen molar-refractivity contribution in [3.63, 3.8) is 0 Å². The van der Waals surface area contributed by atoms with Crippen LogP contribution in [0.1, 0.15) is 13.8 Å². The molecule has 46 heavy (non-hydrogen) atoms. The van der Waals surface area contributed by atoms with Crippen LogP contribution in [-0.2, 0) is 24.3 Å². The number of fused-ring (bicyclic) bond motifs is 1. The zero-order valence-corrected chi connectivity index (χ0v) is 26.6. The van der Waals surface area contributed by atoms with Crippen molar-refractivity contribution < 1.29 is 27.5 Å². The molecule has 0 saturated heterocycles. The Balaban J connectivity index is 1.09. The molecule has 0 radical (unpaired) electrons. The van der Waals surface area contributed by atoms with Gasteiger partial charge < -0.3 is 19.7 Å². The number of para-hydroxylation sites is 1. The number of amides is 1. The largest absolute Gasteiger partial charge is 0.482 e. The molecule has 5 aromatic rings. The lowest BCUT2D eigenvalue weighted by Gasteiger charge is -2.29. The summed E-state index contributed by atoms with van der Waals surface area (Å²) >= 11 is 0. The highest BCUT2D eigenvalue weighted by atomic mass is 32.2. The first-order chi connectivity index (χ1) is 22.1. The lowest BCUT2D eigenvalue weighted by Crippen LogP contribution is -2.26. The van der Waals surface area contributed by atoms with Gasteiger partial charge in [0.2, 0.25) is 0 Å². The number of carbonyl (C=O) groups excluding carboxylic acids is 2. The van der Waals surface area contributed by atoms with Crippen molar-refractivity contribution in [3.05, 3.63) is 121 Å². The standard InChI is InChI=1S/C36H35N3O6S/c1-26(2)39(31-11-5-4-6-12-31)32-16-14-29(15-17-32)37-35(40)24-45-36(41)25-44-33-20-18-30(19-21-33)38(3)46(42,43)34-22-13-27-9-7-8-10-28(27)23-34/h4-23,26H,24-25H2,1-3H3,(H,37,40). The minimum atomic E-state index is -3.80. The van der Waals surface area contributed by atoms with Crippen LogP contribution in [0.4, 0.5) is 22.7 Å². The molecular weight excluding hydrogens is 602 g/mol. The van der Waals surface area contributed by atoms with Crippen molar-refractivity contribution in [1.82, 2.24) is 0 Å². The van der Waals surface area contributed by atoms with Gasteiger partial charge in [0, 0.05) is 30.2 Å². The summed E-state index contributed by atoms with van der Waals surface area (Å²) in [7, 11) is -2.33. The summed E-state index contributed by atoms with van der Waals surface area (Å²) < 4.78 is 38.2. The maximum atomic E-state index is 13.2. The molecule has 1 amide bonds. The van der Waals surface area contributed by atoms with Gasteiger partial charge in [-0.25, -0.2) is 13.2 Å². The first kappa shape index (κ1) is 32.1. The summed E-state index contributed by atoms with van der Waals surface area (Å²) in [5.41, 5.74) is 3.04. The molecule has 0 unspecified atom stereocenters. The summed E-state index contributed by atoms with van der Waals surface area (Å²) in [5, 5.41) is 4.51. The van der Waals surface area contributed by atoms with E-state index in [9.17, 15) is 18.0 Å². The molecule has 0 aliphatic carbocycles. The molecule has 10 heteroatoms. The average molecular weight is 638 g/mol. The number of hydrogen-bond donors (Lipinski definition) is 1. The quantitative estimate of drug-likeness (QED) is 0.151. The van der Waals surface area contributed by atoms with E-state index in [1.165, 1.54) is 11.4 Å². The number of benzene rings is 5.